The van der Waals surface area contributed by atoms with Crippen molar-refractivity contribution in [3.05, 3.63) is 17.0 Å². The van der Waals surface area contributed by atoms with Crippen molar-refractivity contribution >= 4 is 0 Å². The van der Waals surface area contributed by atoms with Crippen molar-refractivity contribution in [2.45, 2.75) is 64.8 Å². The molecule has 4 nitrogen and oxygen atoms in total. The summed E-state index contributed by atoms with van der Waals surface area (Å²) in [5.41, 5.74) is 6.86. The van der Waals surface area contributed by atoms with E-state index in [9.17, 15) is 0 Å². The minimum atomic E-state index is 0.389. The van der Waals surface area contributed by atoms with Crippen molar-refractivity contribution < 1.29 is 0 Å². The molecule has 2 rings (SSSR count). The van der Waals surface area contributed by atoms with Gasteiger partial charge < -0.3 is 0 Å². The number of nitrogens with zero attached hydrogens (tertiary/aromatic N) is 2. The molecular formula is C15H28N4. The quantitative estimate of drug-likeness (QED) is 0.499. The number of hydrogen-bond acceptors (Lipinski definition) is 3. The highest BCUT2D eigenvalue weighted by Gasteiger charge is 2.24. The second-order valence-corrected chi connectivity index (χ2v) is 6.00. The molecule has 1 atom stereocenters. The number of hydrogen-bond donors (Lipinski definition) is 2. The second-order valence-electron chi connectivity index (χ2n) is 6.00. The van der Waals surface area contributed by atoms with E-state index in [1.165, 1.54) is 49.8 Å². The first-order valence-electron chi connectivity index (χ1n) is 7.58. The molecule has 0 spiro atoms. The molecule has 1 aliphatic rings. The van der Waals surface area contributed by atoms with Gasteiger partial charge in [-0.3, -0.25) is 16.0 Å². The predicted molar refractivity (Wildman–Crippen MR) is 78.7 cm³/mol. The normalized spacial score (nSPS) is 19.4. The lowest BCUT2D eigenvalue weighted by Gasteiger charge is -2.25. The summed E-state index contributed by atoms with van der Waals surface area (Å²) in [6, 6.07) is 0.389. The number of aryl methyl sites for hydroxylation is 2. The van der Waals surface area contributed by atoms with Gasteiger partial charge in [0.25, 0.3) is 0 Å². The summed E-state index contributed by atoms with van der Waals surface area (Å²) in [6.07, 6.45) is 9.12. The fourth-order valence-electron chi connectivity index (χ4n) is 3.41. The number of rotatable bonds is 4. The lowest BCUT2D eigenvalue weighted by molar-refractivity contribution is 0.320. The molecule has 0 aliphatic heterocycles. The Kier molecular flexibility index (Phi) is 4.99. The molecule has 1 unspecified atom stereocenters. The van der Waals surface area contributed by atoms with Gasteiger partial charge in [-0.15, -0.1) is 0 Å². The zero-order valence-corrected chi connectivity index (χ0v) is 12.6. The fraction of sp³-hybridized carbons (Fsp3) is 0.800. The maximum atomic E-state index is 5.83. The fourth-order valence-corrected chi connectivity index (χ4v) is 3.41. The SMILES string of the molecule is Cc1nn(C)c(C)c1CC(NN)C1CCCCCC1. The van der Waals surface area contributed by atoms with E-state index in [-0.39, 0.29) is 0 Å². The molecule has 3 N–H and O–H groups in total. The monoisotopic (exact) mass is 264 g/mol. The topological polar surface area (TPSA) is 55.9 Å². The Morgan fingerprint density at radius 3 is 2.37 bits per heavy atom. The first-order valence-corrected chi connectivity index (χ1v) is 7.58. The van der Waals surface area contributed by atoms with Crippen molar-refractivity contribution in [3.8, 4) is 0 Å². The maximum Gasteiger partial charge on any atom is 0.0628 e. The summed E-state index contributed by atoms with van der Waals surface area (Å²) in [4.78, 5) is 0. The lowest BCUT2D eigenvalue weighted by Crippen LogP contribution is -2.42. The number of nitrogens with two attached hydrogens (primary N) is 1. The molecule has 0 saturated heterocycles. The van der Waals surface area contributed by atoms with E-state index in [0.717, 1.165) is 12.1 Å². The molecular weight excluding hydrogens is 236 g/mol. The van der Waals surface area contributed by atoms with Crippen LogP contribution in [-0.2, 0) is 13.5 Å². The van der Waals surface area contributed by atoms with Gasteiger partial charge in [-0.1, -0.05) is 25.7 Å². The highest BCUT2D eigenvalue weighted by Crippen LogP contribution is 2.28. The molecule has 1 heterocycles. The number of hydrazine groups is 1. The van der Waals surface area contributed by atoms with Gasteiger partial charge in [0.2, 0.25) is 0 Å². The van der Waals surface area contributed by atoms with Crippen LogP contribution in [0, 0.1) is 19.8 Å². The third kappa shape index (κ3) is 3.37. The molecule has 4 heteroatoms. The zero-order chi connectivity index (χ0) is 13.8. The van der Waals surface area contributed by atoms with Gasteiger partial charge in [0.05, 0.1) is 5.69 Å². The minimum absolute atomic E-state index is 0.389. The summed E-state index contributed by atoms with van der Waals surface area (Å²) in [5.74, 6) is 6.55. The van der Waals surface area contributed by atoms with Crippen molar-refractivity contribution in [2.24, 2.45) is 18.8 Å². The van der Waals surface area contributed by atoms with Crippen LogP contribution in [-0.4, -0.2) is 15.8 Å². The van der Waals surface area contributed by atoms with Gasteiger partial charge in [-0.2, -0.15) is 5.10 Å². The summed E-state index contributed by atoms with van der Waals surface area (Å²) < 4.78 is 1.98. The van der Waals surface area contributed by atoms with E-state index in [1.54, 1.807) is 0 Å². The average molecular weight is 264 g/mol. The summed E-state index contributed by atoms with van der Waals surface area (Å²) >= 11 is 0. The van der Waals surface area contributed by atoms with Crippen LogP contribution in [0.5, 0.6) is 0 Å². The predicted octanol–water partition coefficient (Wildman–Crippen LogP) is 2.38. The van der Waals surface area contributed by atoms with Crippen LogP contribution in [0.25, 0.3) is 0 Å². The van der Waals surface area contributed by atoms with E-state index < -0.39 is 0 Å². The van der Waals surface area contributed by atoms with Crippen molar-refractivity contribution in [3.63, 3.8) is 0 Å². The standard InChI is InChI=1S/C15H28N4/c1-11-14(12(2)19(3)18-11)10-15(17-16)13-8-6-4-5-7-9-13/h13,15,17H,4-10,16H2,1-3H3. The summed E-state index contributed by atoms with van der Waals surface area (Å²) in [6.45, 7) is 4.25. The van der Waals surface area contributed by atoms with Crippen LogP contribution in [0.2, 0.25) is 0 Å². The highest BCUT2D eigenvalue weighted by atomic mass is 15.3. The van der Waals surface area contributed by atoms with Gasteiger partial charge in [0, 0.05) is 18.8 Å². The smallest absolute Gasteiger partial charge is 0.0628 e. The van der Waals surface area contributed by atoms with Crippen molar-refractivity contribution in [1.29, 1.82) is 0 Å². The van der Waals surface area contributed by atoms with E-state index in [0.29, 0.717) is 12.0 Å². The molecule has 108 valence electrons. The molecule has 1 saturated carbocycles. The number of aromatic nitrogens is 2. The van der Waals surface area contributed by atoms with E-state index in [2.05, 4.69) is 24.4 Å². The Bertz CT molecular complexity index is 403. The van der Waals surface area contributed by atoms with Gasteiger partial charge in [-0.05, 0) is 44.6 Å². The van der Waals surface area contributed by atoms with Crippen LogP contribution in [0.4, 0.5) is 0 Å². The average Bonchev–Trinajstić information content (AvgIpc) is 2.64. The van der Waals surface area contributed by atoms with Crippen LogP contribution in [0.1, 0.15) is 55.5 Å². The molecule has 0 aromatic carbocycles. The van der Waals surface area contributed by atoms with Crippen molar-refractivity contribution in [1.82, 2.24) is 15.2 Å². The molecule has 1 aromatic heterocycles. The van der Waals surface area contributed by atoms with Crippen molar-refractivity contribution in [2.75, 3.05) is 0 Å². The first kappa shape index (κ1) is 14.5. The first-order chi connectivity index (χ1) is 9.13. The lowest BCUT2D eigenvalue weighted by atomic mass is 9.87. The molecule has 0 radical (unpaired) electrons. The van der Waals surface area contributed by atoms with Gasteiger partial charge in [0.15, 0.2) is 0 Å². The van der Waals surface area contributed by atoms with Gasteiger partial charge in [0.1, 0.15) is 0 Å². The molecule has 1 aromatic rings. The third-order valence-electron chi connectivity index (χ3n) is 4.77. The zero-order valence-electron chi connectivity index (χ0n) is 12.6. The van der Waals surface area contributed by atoms with Gasteiger partial charge >= 0.3 is 0 Å². The highest BCUT2D eigenvalue weighted by molar-refractivity contribution is 5.25. The Morgan fingerprint density at radius 2 is 1.89 bits per heavy atom. The van der Waals surface area contributed by atoms with Gasteiger partial charge in [-0.25, -0.2) is 0 Å². The second kappa shape index (κ2) is 6.53. The minimum Gasteiger partial charge on any atom is -0.272 e. The Balaban J connectivity index is 2.09. The molecule has 0 amide bonds. The van der Waals surface area contributed by atoms with Crippen LogP contribution in [0.3, 0.4) is 0 Å². The van der Waals surface area contributed by atoms with Crippen LogP contribution in [0.15, 0.2) is 0 Å². The van der Waals surface area contributed by atoms with E-state index in [4.69, 9.17) is 5.84 Å². The number of nitrogens with one attached hydrogen (secondary N) is 1. The Morgan fingerprint density at radius 1 is 1.26 bits per heavy atom. The molecule has 1 fully saturated rings. The van der Waals surface area contributed by atoms with E-state index in [1.807, 2.05) is 11.7 Å². The Labute approximate surface area is 116 Å². The summed E-state index contributed by atoms with van der Waals surface area (Å²) in [5, 5.41) is 4.51. The summed E-state index contributed by atoms with van der Waals surface area (Å²) in [7, 11) is 2.02. The van der Waals surface area contributed by atoms with E-state index >= 15 is 0 Å². The van der Waals surface area contributed by atoms with Crippen LogP contribution < -0.4 is 11.3 Å². The largest absolute Gasteiger partial charge is 0.272 e. The maximum absolute atomic E-state index is 5.83. The van der Waals surface area contributed by atoms with Crippen LogP contribution >= 0.6 is 0 Å². The third-order valence-corrected chi connectivity index (χ3v) is 4.77. The molecule has 1 aliphatic carbocycles. The Hall–Kier alpha value is -0.870. The molecule has 19 heavy (non-hydrogen) atoms. The molecule has 0 bridgehead atoms.